The minimum absolute atomic E-state index is 0. The van der Waals surface area contributed by atoms with Crippen LogP contribution in [0.1, 0.15) is 33.6 Å². The number of nitrogens with zero attached hydrogens (tertiary/aromatic N) is 3. The lowest BCUT2D eigenvalue weighted by Gasteiger charge is -2.33. The van der Waals surface area contributed by atoms with E-state index in [0.717, 1.165) is 45.2 Å². The first-order valence-electron chi connectivity index (χ1n) is 9.34. The van der Waals surface area contributed by atoms with Crippen molar-refractivity contribution in [2.45, 2.75) is 33.6 Å². The van der Waals surface area contributed by atoms with Crippen LogP contribution in [0.3, 0.4) is 0 Å². The number of guanidine groups is 1. The Kier molecular flexibility index (Phi) is 16.3. The molecule has 2 N–H and O–H groups in total. The summed E-state index contributed by atoms with van der Waals surface area (Å²) in [5, 5.41) is 6.58. The van der Waals surface area contributed by atoms with Crippen LogP contribution in [0.2, 0.25) is 0 Å². The third kappa shape index (κ3) is 11.4. The number of unbranched alkanes of at least 4 members (excludes halogenated alkanes) is 1. The number of nitrogens with one attached hydrogen (secondary N) is 2. The zero-order chi connectivity index (χ0) is 16.8. The van der Waals surface area contributed by atoms with Crippen molar-refractivity contribution in [3.63, 3.8) is 0 Å². The molecule has 144 valence electrons. The number of hydrogen-bond acceptors (Lipinski definition) is 4. The molecular formula is C17H38IN5O. The summed E-state index contributed by atoms with van der Waals surface area (Å²) < 4.78 is 5.33. The Labute approximate surface area is 165 Å². The van der Waals surface area contributed by atoms with Crippen LogP contribution in [0.5, 0.6) is 0 Å². The molecule has 0 spiro atoms. The van der Waals surface area contributed by atoms with E-state index in [1.165, 1.54) is 45.7 Å². The molecule has 1 heterocycles. The molecule has 24 heavy (non-hydrogen) atoms. The lowest BCUT2D eigenvalue weighted by molar-refractivity contribution is 0.136. The van der Waals surface area contributed by atoms with Crippen LogP contribution in [0.15, 0.2) is 4.99 Å². The Morgan fingerprint density at radius 1 is 1.00 bits per heavy atom. The minimum Gasteiger partial charge on any atom is -0.380 e. The van der Waals surface area contributed by atoms with Gasteiger partial charge < -0.3 is 25.2 Å². The number of aliphatic imine (C=N–C) groups is 1. The Hall–Kier alpha value is -0.120. The molecule has 0 saturated carbocycles. The third-order valence-electron chi connectivity index (χ3n) is 4.15. The summed E-state index contributed by atoms with van der Waals surface area (Å²) in [4.78, 5) is 9.74. The topological polar surface area (TPSA) is 52.1 Å². The van der Waals surface area contributed by atoms with Crippen molar-refractivity contribution in [1.29, 1.82) is 0 Å². The number of piperazine rings is 1. The molecule has 7 heteroatoms. The summed E-state index contributed by atoms with van der Waals surface area (Å²) in [6.45, 7) is 17.7. The molecular weight excluding hydrogens is 417 g/mol. The van der Waals surface area contributed by atoms with Gasteiger partial charge in [0.2, 0.25) is 0 Å². The molecule has 1 aliphatic heterocycles. The van der Waals surface area contributed by atoms with Crippen molar-refractivity contribution in [3.8, 4) is 0 Å². The SMILES string of the molecule is CCNC(=NCCCCN1CCN(CC)CC1)NCCOCC.I. The third-order valence-corrected chi connectivity index (χ3v) is 4.15. The van der Waals surface area contributed by atoms with Gasteiger partial charge in [-0.1, -0.05) is 6.92 Å². The van der Waals surface area contributed by atoms with Crippen LogP contribution in [-0.2, 0) is 4.74 Å². The molecule has 0 aromatic carbocycles. The summed E-state index contributed by atoms with van der Waals surface area (Å²) in [6, 6.07) is 0. The highest BCUT2D eigenvalue weighted by Crippen LogP contribution is 2.03. The van der Waals surface area contributed by atoms with Gasteiger partial charge in [-0.2, -0.15) is 0 Å². The van der Waals surface area contributed by atoms with Crippen molar-refractivity contribution in [2.24, 2.45) is 4.99 Å². The quantitative estimate of drug-likeness (QED) is 0.215. The standard InChI is InChI=1S/C17H37N5O.HI/c1-4-18-17(20-10-16-23-6-3)19-9-7-8-11-22-14-12-21(5-2)13-15-22;/h4-16H2,1-3H3,(H2,18,19,20);1H. The predicted molar refractivity (Wildman–Crippen MR) is 114 cm³/mol. The first-order chi connectivity index (χ1) is 11.3. The summed E-state index contributed by atoms with van der Waals surface area (Å²) in [6.07, 6.45) is 2.38. The van der Waals surface area contributed by atoms with E-state index >= 15 is 0 Å². The van der Waals surface area contributed by atoms with Gasteiger partial charge in [-0.05, 0) is 39.8 Å². The number of rotatable bonds is 11. The Bertz CT molecular complexity index is 309. The van der Waals surface area contributed by atoms with Gasteiger partial charge in [0.05, 0.1) is 6.61 Å². The molecule has 1 fully saturated rings. The van der Waals surface area contributed by atoms with Crippen LogP contribution < -0.4 is 10.6 Å². The number of hydrogen-bond donors (Lipinski definition) is 2. The van der Waals surface area contributed by atoms with Crippen LogP contribution in [0, 0.1) is 0 Å². The Morgan fingerprint density at radius 2 is 1.71 bits per heavy atom. The fourth-order valence-corrected chi connectivity index (χ4v) is 2.69. The van der Waals surface area contributed by atoms with Crippen molar-refractivity contribution < 1.29 is 4.74 Å². The summed E-state index contributed by atoms with van der Waals surface area (Å²) in [5.41, 5.74) is 0. The second-order valence-electron chi connectivity index (χ2n) is 5.87. The number of ether oxygens (including phenoxy) is 1. The van der Waals surface area contributed by atoms with E-state index in [9.17, 15) is 0 Å². The number of halogens is 1. The van der Waals surface area contributed by atoms with E-state index in [4.69, 9.17) is 4.74 Å². The van der Waals surface area contributed by atoms with E-state index in [2.05, 4.69) is 39.3 Å². The van der Waals surface area contributed by atoms with E-state index in [1.54, 1.807) is 0 Å². The smallest absolute Gasteiger partial charge is 0.191 e. The second-order valence-corrected chi connectivity index (χ2v) is 5.87. The fourth-order valence-electron chi connectivity index (χ4n) is 2.69. The molecule has 0 aromatic heterocycles. The highest BCUT2D eigenvalue weighted by molar-refractivity contribution is 14.0. The predicted octanol–water partition coefficient (Wildman–Crippen LogP) is 1.61. The molecule has 0 unspecified atom stereocenters. The molecule has 0 radical (unpaired) electrons. The lowest BCUT2D eigenvalue weighted by Crippen LogP contribution is -2.46. The van der Waals surface area contributed by atoms with Gasteiger partial charge >= 0.3 is 0 Å². The zero-order valence-corrected chi connectivity index (χ0v) is 18.2. The van der Waals surface area contributed by atoms with E-state index < -0.39 is 0 Å². The van der Waals surface area contributed by atoms with Crippen LogP contribution >= 0.6 is 24.0 Å². The molecule has 0 aliphatic carbocycles. The highest BCUT2D eigenvalue weighted by atomic mass is 127. The molecule has 0 bridgehead atoms. The maximum absolute atomic E-state index is 5.33. The van der Waals surface area contributed by atoms with E-state index in [1.807, 2.05) is 6.92 Å². The highest BCUT2D eigenvalue weighted by Gasteiger charge is 2.14. The normalized spacial score (nSPS) is 16.7. The van der Waals surface area contributed by atoms with Gasteiger partial charge in [-0.15, -0.1) is 24.0 Å². The van der Waals surface area contributed by atoms with Gasteiger partial charge in [0.15, 0.2) is 5.96 Å². The zero-order valence-electron chi connectivity index (χ0n) is 15.9. The van der Waals surface area contributed by atoms with Crippen LogP contribution in [0.25, 0.3) is 0 Å². The maximum Gasteiger partial charge on any atom is 0.191 e. The molecule has 6 nitrogen and oxygen atoms in total. The van der Waals surface area contributed by atoms with Crippen molar-refractivity contribution in [3.05, 3.63) is 0 Å². The van der Waals surface area contributed by atoms with Crippen LogP contribution in [-0.4, -0.2) is 87.9 Å². The Morgan fingerprint density at radius 3 is 2.33 bits per heavy atom. The van der Waals surface area contributed by atoms with Crippen LogP contribution in [0.4, 0.5) is 0 Å². The van der Waals surface area contributed by atoms with E-state index in [-0.39, 0.29) is 24.0 Å². The number of likely N-dealkylation sites (N-methyl/N-ethyl adjacent to an activating group) is 1. The average molecular weight is 455 g/mol. The summed E-state index contributed by atoms with van der Waals surface area (Å²) in [5.74, 6) is 0.906. The molecule has 1 saturated heterocycles. The van der Waals surface area contributed by atoms with Gasteiger partial charge in [-0.3, -0.25) is 4.99 Å². The molecule has 1 rings (SSSR count). The summed E-state index contributed by atoms with van der Waals surface area (Å²) >= 11 is 0. The molecule has 0 aromatic rings. The largest absolute Gasteiger partial charge is 0.380 e. The monoisotopic (exact) mass is 455 g/mol. The second kappa shape index (κ2) is 16.4. The average Bonchev–Trinajstić information content (AvgIpc) is 2.58. The fraction of sp³-hybridized carbons (Fsp3) is 0.941. The molecule has 1 aliphatic rings. The Balaban J connectivity index is 0.00000529. The first kappa shape index (κ1) is 23.9. The minimum atomic E-state index is 0. The first-order valence-corrected chi connectivity index (χ1v) is 9.34. The van der Waals surface area contributed by atoms with Crippen molar-refractivity contribution >= 4 is 29.9 Å². The molecule has 0 amide bonds. The maximum atomic E-state index is 5.33. The van der Waals surface area contributed by atoms with Gasteiger partial charge in [0.25, 0.3) is 0 Å². The summed E-state index contributed by atoms with van der Waals surface area (Å²) in [7, 11) is 0. The van der Waals surface area contributed by atoms with Crippen molar-refractivity contribution in [2.75, 3.05) is 72.1 Å². The van der Waals surface area contributed by atoms with E-state index in [0.29, 0.717) is 0 Å². The lowest BCUT2D eigenvalue weighted by atomic mass is 10.2. The van der Waals surface area contributed by atoms with Gasteiger partial charge in [-0.25, -0.2) is 0 Å². The van der Waals surface area contributed by atoms with Crippen molar-refractivity contribution in [1.82, 2.24) is 20.4 Å². The van der Waals surface area contributed by atoms with Gasteiger partial charge in [0.1, 0.15) is 0 Å². The molecule has 0 atom stereocenters. The van der Waals surface area contributed by atoms with Gasteiger partial charge in [0, 0.05) is 52.4 Å².